The molecule has 0 aliphatic heterocycles. The quantitative estimate of drug-likeness (QED) is 0.386. The summed E-state index contributed by atoms with van der Waals surface area (Å²) in [6, 6.07) is 18.2. The molecule has 8 nitrogen and oxygen atoms in total. The van der Waals surface area contributed by atoms with Crippen LogP contribution in [-0.2, 0) is 32.6 Å². The maximum absolute atomic E-state index is 14.6. The van der Waals surface area contributed by atoms with Gasteiger partial charge in [-0.3, -0.25) is 13.9 Å². The summed E-state index contributed by atoms with van der Waals surface area (Å²) in [6.45, 7) is -0.893. The van der Waals surface area contributed by atoms with Gasteiger partial charge in [-0.15, -0.1) is 0 Å². The fourth-order valence-corrected chi connectivity index (χ4v) is 5.05. The number of anilines is 1. The number of amides is 2. The second-order valence-corrected chi connectivity index (χ2v) is 10.8. The van der Waals surface area contributed by atoms with Gasteiger partial charge in [-0.05, 0) is 29.8 Å². The molecule has 1 atom stereocenters. The predicted molar refractivity (Wildman–Crippen MR) is 145 cm³/mol. The molecule has 202 valence electrons. The second-order valence-electron chi connectivity index (χ2n) is 8.52. The van der Waals surface area contributed by atoms with Gasteiger partial charge in [0, 0.05) is 25.6 Å². The van der Waals surface area contributed by atoms with E-state index < -0.39 is 40.2 Å². The minimum atomic E-state index is -3.96. The molecular formula is C27H29ClFN3O5S. The smallest absolute Gasteiger partial charge is 0.244 e. The van der Waals surface area contributed by atoms with Gasteiger partial charge in [0.15, 0.2) is 0 Å². The van der Waals surface area contributed by atoms with Gasteiger partial charge < -0.3 is 15.0 Å². The molecule has 3 aromatic carbocycles. The van der Waals surface area contributed by atoms with Crippen molar-refractivity contribution in [1.29, 1.82) is 0 Å². The highest BCUT2D eigenvalue weighted by Crippen LogP contribution is 2.30. The number of hydrogen-bond donors (Lipinski definition) is 1. The average Bonchev–Trinajstić information content (AvgIpc) is 2.89. The number of benzene rings is 3. The summed E-state index contributed by atoms with van der Waals surface area (Å²) in [4.78, 5) is 28.1. The van der Waals surface area contributed by atoms with Crippen molar-refractivity contribution in [2.45, 2.75) is 19.0 Å². The highest BCUT2D eigenvalue weighted by Gasteiger charge is 2.33. The number of likely N-dealkylation sites (N-methyl/N-ethyl adjacent to an activating group) is 1. The summed E-state index contributed by atoms with van der Waals surface area (Å²) in [5, 5.41) is 2.72. The van der Waals surface area contributed by atoms with Crippen LogP contribution in [0.15, 0.2) is 72.8 Å². The van der Waals surface area contributed by atoms with Gasteiger partial charge in [0.05, 0.1) is 24.1 Å². The number of carbonyl (C=O) groups excluding carboxylic acids is 2. The van der Waals surface area contributed by atoms with Gasteiger partial charge >= 0.3 is 0 Å². The van der Waals surface area contributed by atoms with Crippen LogP contribution in [0.2, 0.25) is 5.02 Å². The first-order valence-corrected chi connectivity index (χ1v) is 13.9. The number of nitrogens with one attached hydrogen (secondary N) is 1. The Morgan fingerprint density at radius 3 is 2.29 bits per heavy atom. The topological polar surface area (TPSA) is 96.0 Å². The largest absolute Gasteiger partial charge is 0.495 e. The van der Waals surface area contributed by atoms with Gasteiger partial charge in [-0.25, -0.2) is 12.8 Å². The molecule has 0 radical (unpaired) electrons. The lowest BCUT2D eigenvalue weighted by Gasteiger charge is -2.33. The van der Waals surface area contributed by atoms with Crippen LogP contribution in [0.5, 0.6) is 5.75 Å². The molecule has 0 bridgehead atoms. The number of nitrogens with zero attached hydrogens (tertiary/aromatic N) is 2. The standard InChI is InChI=1S/C27H29ClFN3O5S/c1-30-27(34)24(15-19-9-5-4-6-10-19)31(17-20-11-7-8-12-23(20)29)26(33)18-32(38(3,35)36)21-13-14-25(37-2)22(28)16-21/h4-14,16,24H,15,17-18H2,1-3H3,(H,30,34)/t24-/m0/s1. The molecule has 38 heavy (non-hydrogen) atoms. The lowest BCUT2D eigenvalue weighted by atomic mass is 10.0. The van der Waals surface area contributed by atoms with Crippen molar-refractivity contribution < 1.29 is 27.1 Å². The Balaban J connectivity index is 2.04. The molecule has 3 aromatic rings. The Morgan fingerprint density at radius 2 is 1.71 bits per heavy atom. The molecule has 0 fully saturated rings. The molecule has 0 unspecified atom stereocenters. The van der Waals surface area contributed by atoms with E-state index in [9.17, 15) is 22.4 Å². The maximum Gasteiger partial charge on any atom is 0.244 e. The van der Waals surface area contributed by atoms with Crippen molar-refractivity contribution in [3.63, 3.8) is 0 Å². The summed E-state index contributed by atoms with van der Waals surface area (Å²) in [5.74, 6) is -1.39. The number of halogens is 2. The van der Waals surface area contributed by atoms with Crippen molar-refractivity contribution >= 4 is 39.1 Å². The second kappa shape index (κ2) is 12.7. The molecule has 0 aliphatic rings. The van der Waals surface area contributed by atoms with Crippen molar-refractivity contribution in [2.75, 3.05) is 31.3 Å². The van der Waals surface area contributed by atoms with E-state index in [2.05, 4.69) is 5.32 Å². The fraction of sp³-hybridized carbons (Fsp3) is 0.259. The van der Waals surface area contributed by atoms with E-state index in [4.69, 9.17) is 16.3 Å². The zero-order chi connectivity index (χ0) is 27.9. The van der Waals surface area contributed by atoms with Crippen molar-refractivity contribution in [3.05, 3.63) is 94.8 Å². The minimum Gasteiger partial charge on any atom is -0.495 e. The average molecular weight is 562 g/mol. The van der Waals surface area contributed by atoms with E-state index in [1.54, 1.807) is 18.2 Å². The zero-order valence-electron chi connectivity index (χ0n) is 21.2. The van der Waals surface area contributed by atoms with E-state index in [0.717, 1.165) is 16.1 Å². The zero-order valence-corrected chi connectivity index (χ0v) is 22.8. The number of hydrogen-bond acceptors (Lipinski definition) is 5. The predicted octanol–water partition coefficient (Wildman–Crippen LogP) is 3.64. The van der Waals surface area contributed by atoms with E-state index in [1.807, 2.05) is 18.2 Å². The van der Waals surface area contributed by atoms with Crippen LogP contribution in [0, 0.1) is 5.82 Å². The summed E-state index contributed by atoms with van der Waals surface area (Å²) in [6.07, 6.45) is 1.09. The molecule has 0 spiro atoms. The molecule has 0 heterocycles. The lowest BCUT2D eigenvalue weighted by Crippen LogP contribution is -2.53. The van der Waals surface area contributed by atoms with Gasteiger partial charge in [0.25, 0.3) is 0 Å². The Labute approximate surface area is 227 Å². The van der Waals surface area contributed by atoms with Crippen molar-refractivity contribution in [3.8, 4) is 5.75 Å². The first-order chi connectivity index (χ1) is 18.0. The highest BCUT2D eigenvalue weighted by molar-refractivity contribution is 7.92. The maximum atomic E-state index is 14.6. The number of carbonyl (C=O) groups is 2. The Bertz CT molecular complexity index is 1390. The molecule has 11 heteroatoms. The molecule has 0 aliphatic carbocycles. The number of methoxy groups -OCH3 is 1. The van der Waals surface area contributed by atoms with E-state index in [1.165, 1.54) is 55.5 Å². The van der Waals surface area contributed by atoms with Crippen molar-refractivity contribution in [1.82, 2.24) is 10.2 Å². The summed E-state index contributed by atoms with van der Waals surface area (Å²) in [5.41, 5.74) is 1.09. The van der Waals surface area contributed by atoms with E-state index in [0.29, 0.717) is 5.75 Å². The third-order valence-electron chi connectivity index (χ3n) is 5.92. The summed E-state index contributed by atoms with van der Waals surface area (Å²) >= 11 is 6.21. The lowest BCUT2D eigenvalue weighted by molar-refractivity contribution is -0.139. The normalized spacial score (nSPS) is 11.9. The summed E-state index contributed by atoms with van der Waals surface area (Å²) in [7, 11) is -1.10. The van der Waals surface area contributed by atoms with Crippen LogP contribution in [0.25, 0.3) is 0 Å². The Morgan fingerprint density at radius 1 is 1.05 bits per heavy atom. The van der Waals surface area contributed by atoms with Gasteiger partial charge in [-0.1, -0.05) is 60.1 Å². The Hall–Kier alpha value is -3.63. The van der Waals surface area contributed by atoms with Crippen LogP contribution < -0.4 is 14.4 Å². The number of ether oxygens (including phenoxy) is 1. The summed E-state index contributed by atoms with van der Waals surface area (Å²) < 4.78 is 46.2. The van der Waals surface area contributed by atoms with Gasteiger partial charge in [0.2, 0.25) is 21.8 Å². The van der Waals surface area contributed by atoms with Gasteiger partial charge in [0.1, 0.15) is 24.2 Å². The molecule has 1 N–H and O–H groups in total. The monoisotopic (exact) mass is 561 g/mol. The van der Waals surface area contributed by atoms with Crippen LogP contribution >= 0.6 is 11.6 Å². The number of rotatable bonds is 11. The third kappa shape index (κ3) is 7.23. The van der Waals surface area contributed by atoms with Crippen molar-refractivity contribution in [2.24, 2.45) is 0 Å². The van der Waals surface area contributed by atoms with E-state index in [-0.39, 0.29) is 29.2 Å². The minimum absolute atomic E-state index is 0.133. The Kier molecular flexibility index (Phi) is 9.71. The first-order valence-electron chi connectivity index (χ1n) is 11.6. The first kappa shape index (κ1) is 28.9. The number of sulfonamides is 1. The molecule has 0 aromatic heterocycles. The SMILES string of the molecule is CNC(=O)[C@H](Cc1ccccc1)N(Cc1ccccc1F)C(=O)CN(c1ccc(OC)c(Cl)c1)S(C)(=O)=O. The fourth-order valence-electron chi connectivity index (χ4n) is 3.95. The molecule has 2 amide bonds. The van der Waals surface area contributed by atoms with Crippen LogP contribution in [-0.4, -0.2) is 58.1 Å². The molecule has 0 saturated carbocycles. The van der Waals surface area contributed by atoms with E-state index >= 15 is 0 Å². The van der Waals surface area contributed by atoms with Crippen LogP contribution in [0.4, 0.5) is 10.1 Å². The third-order valence-corrected chi connectivity index (χ3v) is 7.35. The molecular weight excluding hydrogens is 533 g/mol. The highest BCUT2D eigenvalue weighted by atomic mass is 35.5. The molecule has 0 saturated heterocycles. The van der Waals surface area contributed by atoms with Gasteiger partial charge in [-0.2, -0.15) is 0 Å². The van der Waals surface area contributed by atoms with Crippen LogP contribution in [0.3, 0.4) is 0 Å². The molecule has 3 rings (SSSR count). The van der Waals surface area contributed by atoms with Crippen LogP contribution in [0.1, 0.15) is 11.1 Å².